The van der Waals surface area contributed by atoms with Gasteiger partial charge in [0.25, 0.3) is 0 Å². The van der Waals surface area contributed by atoms with E-state index in [4.69, 9.17) is 5.11 Å². The maximum absolute atomic E-state index is 11.1. The largest absolute Gasteiger partial charge is 0.476 e. The highest BCUT2D eigenvalue weighted by Crippen LogP contribution is 2.36. The van der Waals surface area contributed by atoms with Crippen molar-refractivity contribution in [3.05, 3.63) is 23.2 Å². The summed E-state index contributed by atoms with van der Waals surface area (Å²) < 4.78 is 0. The second-order valence-electron chi connectivity index (χ2n) is 3.35. The van der Waals surface area contributed by atoms with Gasteiger partial charge in [-0.15, -0.1) is 11.3 Å². The smallest absolute Gasteiger partial charge is 0.356 e. The average molecular weight is 254 g/mol. The van der Waals surface area contributed by atoms with Crippen LogP contribution in [0.3, 0.4) is 0 Å². The van der Waals surface area contributed by atoms with Gasteiger partial charge in [-0.2, -0.15) is 0 Å². The van der Waals surface area contributed by atoms with Crippen LogP contribution in [0.5, 0.6) is 0 Å². The summed E-state index contributed by atoms with van der Waals surface area (Å²) in [6.45, 7) is 0. The van der Waals surface area contributed by atoms with Crippen molar-refractivity contribution in [1.82, 2.24) is 4.98 Å². The lowest BCUT2D eigenvalue weighted by molar-refractivity contribution is 0.0692. The van der Waals surface area contributed by atoms with Crippen molar-refractivity contribution < 1.29 is 9.90 Å². The maximum Gasteiger partial charge on any atom is 0.356 e. The van der Waals surface area contributed by atoms with E-state index in [-0.39, 0.29) is 5.69 Å². The predicted molar refractivity (Wildman–Crippen MR) is 66.7 cm³/mol. The molecule has 0 amide bonds. The molecule has 0 aliphatic heterocycles. The van der Waals surface area contributed by atoms with E-state index in [2.05, 4.69) is 4.98 Å². The Morgan fingerprint density at radius 1 is 1.50 bits per heavy atom. The summed E-state index contributed by atoms with van der Waals surface area (Å²) in [4.78, 5) is 18.7. The van der Waals surface area contributed by atoms with Crippen LogP contribution in [0.1, 0.15) is 10.5 Å². The lowest BCUT2D eigenvalue weighted by Gasteiger charge is -2.04. The molecule has 2 aromatic heterocycles. The van der Waals surface area contributed by atoms with Gasteiger partial charge in [-0.25, -0.2) is 9.78 Å². The lowest BCUT2D eigenvalue weighted by Crippen LogP contribution is -2.08. The van der Waals surface area contributed by atoms with Gasteiger partial charge >= 0.3 is 5.97 Å². The molecule has 0 aliphatic rings. The summed E-state index contributed by atoms with van der Waals surface area (Å²) >= 11 is 2.92. The highest BCUT2D eigenvalue weighted by Gasteiger charge is 2.20. The number of thiophene rings is 1. The van der Waals surface area contributed by atoms with Gasteiger partial charge in [0.15, 0.2) is 10.8 Å². The van der Waals surface area contributed by atoms with Gasteiger partial charge in [-0.3, -0.25) is 0 Å². The van der Waals surface area contributed by atoms with Crippen molar-refractivity contribution in [3.63, 3.8) is 0 Å². The van der Waals surface area contributed by atoms with Gasteiger partial charge < -0.3 is 10.0 Å². The molecule has 0 fully saturated rings. The van der Waals surface area contributed by atoms with E-state index < -0.39 is 5.97 Å². The first-order valence-corrected chi connectivity index (χ1v) is 6.24. The van der Waals surface area contributed by atoms with Crippen LogP contribution in [-0.2, 0) is 0 Å². The fraction of sp³-hybridized carbons (Fsp3) is 0.200. The van der Waals surface area contributed by atoms with Crippen molar-refractivity contribution in [2.75, 3.05) is 19.0 Å². The van der Waals surface area contributed by atoms with Crippen LogP contribution >= 0.6 is 22.7 Å². The number of carbonyl (C=O) groups is 1. The summed E-state index contributed by atoms with van der Waals surface area (Å²) in [6, 6.07) is 3.81. The molecule has 0 saturated heterocycles. The normalized spacial score (nSPS) is 10.4. The highest BCUT2D eigenvalue weighted by molar-refractivity contribution is 7.23. The highest BCUT2D eigenvalue weighted by atomic mass is 32.1. The summed E-state index contributed by atoms with van der Waals surface area (Å²) in [7, 11) is 3.70. The van der Waals surface area contributed by atoms with Crippen LogP contribution in [0.15, 0.2) is 17.5 Å². The SMILES string of the molecule is CN(C)c1nc(C(=O)O)c(-c2cccs2)s1. The molecule has 16 heavy (non-hydrogen) atoms. The molecule has 2 rings (SSSR count). The summed E-state index contributed by atoms with van der Waals surface area (Å²) in [5.74, 6) is -0.979. The molecule has 84 valence electrons. The Kier molecular flexibility index (Phi) is 2.93. The van der Waals surface area contributed by atoms with Crippen LogP contribution in [-0.4, -0.2) is 30.2 Å². The van der Waals surface area contributed by atoms with Crippen LogP contribution in [0, 0.1) is 0 Å². The van der Waals surface area contributed by atoms with Crippen molar-refractivity contribution in [2.24, 2.45) is 0 Å². The van der Waals surface area contributed by atoms with Crippen molar-refractivity contribution in [3.8, 4) is 9.75 Å². The van der Waals surface area contributed by atoms with Gasteiger partial charge in [0.1, 0.15) is 0 Å². The Morgan fingerprint density at radius 3 is 2.75 bits per heavy atom. The fourth-order valence-electron chi connectivity index (χ4n) is 1.22. The number of hydrogen-bond acceptors (Lipinski definition) is 5. The zero-order chi connectivity index (χ0) is 11.7. The lowest BCUT2D eigenvalue weighted by atomic mass is 10.3. The minimum atomic E-state index is -0.979. The number of hydrogen-bond donors (Lipinski definition) is 1. The molecule has 0 atom stereocenters. The van der Waals surface area contributed by atoms with E-state index in [9.17, 15) is 4.79 Å². The number of nitrogens with zero attached hydrogens (tertiary/aromatic N) is 2. The Balaban J connectivity index is 2.55. The molecular weight excluding hydrogens is 244 g/mol. The van der Waals surface area contributed by atoms with Gasteiger partial charge in [-0.1, -0.05) is 17.4 Å². The molecule has 0 radical (unpaired) electrons. The van der Waals surface area contributed by atoms with Gasteiger partial charge in [0, 0.05) is 19.0 Å². The maximum atomic E-state index is 11.1. The minimum absolute atomic E-state index is 0.135. The molecule has 2 aromatic rings. The Hall–Kier alpha value is -1.40. The quantitative estimate of drug-likeness (QED) is 0.914. The topological polar surface area (TPSA) is 53.4 Å². The number of anilines is 1. The van der Waals surface area contributed by atoms with E-state index >= 15 is 0 Å². The number of aromatic carboxylic acids is 1. The predicted octanol–water partition coefficient (Wildman–Crippen LogP) is 2.64. The molecule has 1 N–H and O–H groups in total. The van der Waals surface area contributed by atoms with Crippen molar-refractivity contribution in [2.45, 2.75) is 0 Å². The Morgan fingerprint density at radius 2 is 2.25 bits per heavy atom. The number of rotatable bonds is 3. The van der Waals surface area contributed by atoms with E-state index in [1.807, 2.05) is 36.5 Å². The van der Waals surface area contributed by atoms with E-state index in [1.54, 1.807) is 0 Å². The first-order chi connectivity index (χ1) is 7.59. The fourth-order valence-corrected chi connectivity index (χ4v) is 3.05. The third-order valence-corrected chi connectivity index (χ3v) is 4.22. The third-order valence-electron chi connectivity index (χ3n) is 1.95. The van der Waals surface area contributed by atoms with Crippen LogP contribution in [0.2, 0.25) is 0 Å². The van der Waals surface area contributed by atoms with Gasteiger partial charge in [-0.05, 0) is 11.4 Å². The third kappa shape index (κ3) is 1.94. The van der Waals surface area contributed by atoms with E-state index in [0.29, 0.717) is 5.13 Å². The molecule has 0 unspecified atom stereocenters. The standard InChI is InChI=1S/C10H10N2O2S2/c1-12(2)10-11-7(9(13)14)8(16-10)6-4-3-5-15-6/h3-5H,1-2H3,(H,13,14). The summed E-state index contributed by atoms with van der Waals surface area (Å²) in [5.41, 5.74) is 0.135. The molecule has 4 nitrogen and oxygen atoms in total. The average Bonchev–Trinajstić information content (AvgIpc) is 2.86. The molecule has 0 spiro atoms. The van der Waals surface area contributed by atoms with Crippen molar-refractivity contribution in [1.29, 1.82) is 0 Å². The molecule has 6 heteroatoms. The van der Waals surface area contributed by atoms with E-state index in [1.165, 1.54) is 22.7 Å². The minimum Gasteiger partial charge on any atom is -0.476 e. The molecule has 2 heterocycles. The Labute approximate surface area is 101 Å². The molecular formula is C10H10N2O2S2. The zero-order valence-corrected chi connectivity index (χ0v) is 10.4. The first-order valence-electron chi connectivity index (χ1n) is 4.55. The second kappa shape index (κ2) is 4.23. The number of carboxylic acids is 1. The first kappa shape index (κ1) is 11.1. The second-order valence-corrected chi connectivity index (χ2v) is 5.28. The van der Waals surface area contributed by atoms with Crippen molar-refractivity contribution >= 4 is 33.8 Å². The van der Waals surface area contributed by atoms with Gasteiger partial charge in [0.2, 0.25) is 0 Å². The molecule has 0 aromatic carbocycles. The van der Waals surface area contributed by atoms with Gasteiger partial charge in [0.05, 0.1) is 4.88 Å². The summed E-state index contributed by atoms with van der Waals surface area (Å²) in [6.07, 6.45) is 0. The number of aromatic nitrogens is 1. The monoisotopic (exact) mass is 254 g/mol. The summed E-state index contributed by atoms with van der Waals surface area (Å²) in [5, 5.41) is 11.7. The number of carboxylic acid groups (broad SMARTS) is 1. The Bertz CT molecular complexity index is 503. The van der Waals surface area contributed by atoms with Crippen LogP contribution in [0.4, 0.5) is 5.13 Å². The molecule has 0 saturated carbocycles. The zero-order valence-electron chi connectivity index (χ0n) is 8.80. The van der Waals surface area contributed by atoms with E-state index in [0.717, 1.165) is 9.75 Å². The number of thiazole rings is 1. The molecule has 0 aliphatic carbocycles. The molecule has 0 bridgehead atoms. The van der Waals surface area contributed by atoms with Crippen LogP contribution in [0.25, 0.3) is 9.75 Å². The van der Waals surface area contributed by atoms with Crippen LogP contribution < -0.4 is 4.90 Å².